The first-order valence-corrected chi connectivity index (χ1v) is 45.9. The molecule has 0 amide bonds. The van der Waals surface area contributed by atoms with Gasteiger partial charge in [0.15, 0.2) is 0 Å². The van der Waals surface area contributed by atoms with Crippen LogP contribution < -0.4 is 19.6 Å². The first-order chi connectivity index (χ1) is 57.9. The van der Waals surface area contributed by atoms with Crippen molar-refractivity contribution in [1.82, 2.24) is 0 Å². The second kappa shape index (κ2) is 30.2. The predicted octanol–water partition coefficient (Wildman–Crippen LogP) is 33.7. The molecule has 117 heavy (non-hydrogen) atoms. The molecule has 22 rings (SSSR count). The molecule has 0 fully saturated rings. The molecule has 20 aromatic rings. The number of thiophene rings is 8. The molecule has 0 atom stereocenters. The highest BCUT2D eigenvalue weighted by Gasteiger charge is 2.53. The van der Waals surface area contributed by atoms with Crippen LogP contribution in [0.15, 0.2) is 407 Å². The van der Waals surface area contributed by atoms with Crippen LogP contribution >= 0.6 is 90.7 Å². The molecule has 0 N–H and O–H groups in total. The van der Waals surface area contributed by atoms with E-state index < -0.39 is 5.41 Å². The van der Waals surface area contributed by atoms with Crippen molar-refractivity contribution in [1.29, 1.82) is 0 Å². The van der Waals surface area contributed by atoms with Gasteiger partial charge < -0.3 is 19.6 Å². The smallest absolute Gasteiger partial charge is 0.0728 e. The van der Waals surface area contributed by atoms with Gasteiger partial charge in [-0.1, -0.05) is 170 Å². The van der Waals surface area contributed by atoms with Crippen LogP contribution in [-0.4, -0.2) is 0 Å². The lowest BCUT2D eigenvalue weighted by Crippen LogP contribution is -2.27. The van der Waals surface area contributed by atoms with E-state index >= 15 is 0 Å². The summed E-state index contributed by atoms with van der Waals surface area (Å²) in [6.45, 7) is 0. The van der Waals surface area contributed by atoms with E-state index in [1.807, 2.05) is 0 Å². The van der Waals surface area contributed by atoms with E-state index in [9.17, 15) is 0 Å². The van der Waals surface area contributed by atoms with Gasteiger partial charge in [0.2, 0.25) is 0 Å². The molecule has 556 valence electrons. The molecular weight excluding hydrogens is 1570 g/mol. The molecule has 0 aliphatic heterocycles. The fourth-order valence-electron chi connectivity index (χ4n) is 17.3. The summed E-state index contributed by atoms with van der Waals surface area (Å²) in [5.41, 5.74) is 30.7. The first kappa shape index (κ1) is 71.0. The summed E-state index contributed by atoms with van der Waals surface area (Å²) < 4.78 is 0. The van der Waals surface area contributed by atoms with Crippen molar-refractivity contribution in [2.75, 3.05) is 19.6 Å². The van der Waals surface area contributed by atoms with Gasteiger partial charge in [-0.05, 0) is 326 Å². The van der Waals surface area contributed by atoms with Crippen LogP contribution in [0.25, 0.3) is 106 Å². The van der Waals surface area contributed by atoms with Crippen LogP contribution in [0.3, 0.4) is 0 Å². The van der Waals surface area contributed by atoms with Crippen molar-refractivity contribution in [2.24, 2.45) is 0 Å². The van der Waals surface area contributed by atoms with Gasteiger partial charge in [-0.15, -0.1) is 90.7 Å². The van der Waals surface area contributed by atoms with Gasteiger partial charge in [-0.2, -0.15) is 0 Å². The zero-order chi connectivity index (χ0) is 77.3. The fraction of sp³-hybridized carbons (Fsp3) is 0.00952. The van der Waals surface area contributed by atoms with Gasteiger partial charge in [0.1, 0.15) is 0 Å². The summed E-state index contributed by atoms with van der Waals surface area (Å²) in [6.07, 6.45) is 0. The van der Waals surface area contributed by atoms with Crippen LogP contribution in [0.2, 0.25) is 0 Å². The number of fused-ring (bicyclic) bond motifs is 10. The summed E-state index contributed by atoms with van der Waals surface area (Å²) in [5.74, 6) is 0. The molecule has 8 aromatic heterocycles. The normalized spacial score (nSPS) is 12.2. The minimum absolute atomic E-state index is 0.988. The molecule has 2 aliphatic rings. The summed E-state index contributed by atoms with van der Waals surface area (Å²) >= 11 is 14.2. The van der Waals surface area contributed by atoms with Crippen molar-refractivity contribution in [3.8, 4) is 106 Å². The Kier molecular flexibility index (Phi) is 18.4. The van der Waals surface area contributed by atoms with Crippen LogP contribution in [0.5, 0.6) is 0 Å². The lowest BCUT2D eigenvalue weighted by Gasteiger charge is -2.35. The molecule has 4 nitrogen and oxygen atoms in total. The third-order valence-electron chi connectivity index (χ3n) is 22.7. The van der Waals surface area contributed by atoms with Gasteiger partial charge in [-0.3, -0.25) is 0 Å². The van der Waals surface area contributed by atoms with E-state index in [0.717, 1.165) is 68.2 Å². The van der Waals surface area contributed by atoms with Gasteiger partial charge >= 0.3 is 0 Å². The second-order valence-electron chi connectivity index (χ2n) is 29.2. The zero-order valence-corrected chi connectivity index (χ0v) is 69.3. The monoisotopic (exact) mass is 1640 g/mol. The third kappa shape index (κ3) is 12.9. The molecule has 1 spiro atoms. The summed E-state index contributed by atoms with van der Waals surface area (Å²) in [6, 6.07) is 138. The SMILES string of the molecule is c1csc(-c2ccc(N(c3ccc(-c4cccs4)cc3)c3ccc4c(c3)C3(c5cc(N(c6ccc(-c7cccs7)cc6)c6ccc(-c7cccs7)cc6)ccc5-4)c4cc(N(c5ccc(-c6cccs6)cc5)c5ccc(-c6cccs6)cc5)ccc4-c4ccc(N(c5ccc(-c6cccs6)cc5)c5ccc(-c6cccs6)cc5)cc43)cc2)c1. The molecular formula is C105H68N4S8. The molecule has 0 unspecified atom stereocenters. The van der Waals surface area contributed by atoms with Crippen LogP contribution in [0.1, 0.15) is 22.3 Å². The summed E-state index contributed by atoms with van der Waals surface area (Å²) in [7, 11) is 0. The molecule has 0 radical (unpaired) electrons. The maximum Gasteiger partial charge on any atom is 0.0728 e. The molecule has 0 saturated heterocycles. The van der Waals surface area contributed by atoms with Crippen molar-refractivity contribution in [2.45, 2.75) is 5.41 Å². The Hall–Kier alpha value is -12.6. The minimum Gasteiger partial charge on any atom is -0.310 e. The number of nitrogens with zero attached hydrogens (tertiary/aromatic N) is 4. The van der Waals surface area contributed by atoms with E-state index in [-0.39, 0.29) is 0 Å². The first-order valence-electron chi connectivity index (χ1n) is 38.9. The van der Waals surface area contributed by atoms with Crippen LogP contribution in [0.4, 0.5) is 68.2 Å². The highest BCUT2D eigenvalue weighted by atomic mass is 32.1. The van der Waals surface area contributed by atoms with E-state index in [1.54, 1.807) is 90.7 Å². The van der Waals surface area contributed by atoms with Crippen LogP contribution in [-0.2, 0) is 5.41 Å². The van der Waals surface area contributed by atoms with Crippen molar-refractivity contribution < 1.29 is 0 Å². The minimum atomic E-state index is -0.988. The summed E-state index contributed by atoms with van der Waals surface area (Å²) in [5, 5.41) is 17.3. The molecule has 8 heterocycles. The van der Waals surface area contributed by atoms with Gasteiger partial charge in [-0.25, -0.2) is 0 Å². The van der Waals surface area contributed by atoms with Gasteiger partial charge in [0.05, 0.1) is 5.41 Å². The highest BCUT2D eigenvalue weighted by molar-refractivity contribution is 7.15. The molecule has 0 saturated carbocycles. The van der Waals surface area contributed by atoms with E-state index in [1.165, 1.54) is 128 Å². The quantitative estimate of drug-likeness (QED) is 0.0754. The third-order valence-corrected chi connectivity index (χ3v) is 30.0. The molecule has 12 aromatic carbocycles. The second-order valence-corrected chi connectivity index (χ2v) is 36.8. The number of rotatable bonds is 20. The molecule has 0 bridgehead atoms. The van der Waals surface area contributed by atoms with E-state index in [2.05, 4.69) is 427 Å². The maximum atomic E-state index is 2.56. The number of benzene rings is 12. The number of hydrogen-bond donors (Lipinski definition) is 0. The Bertz CT molecular complexity index is 5690. The van der Waals surface area contributed by atoms with Gasteiger partial charge in [0, 0.05) is 107 Å². The largest absolute Gasteiger partial charge is 0.310 e. The van der Waals surface area contributed by atoms with Crippen LogP contribution in [0, 0.1) is 0 Å². The van der Waals surface area contributed by atoms with E-state index in [4.69, 9.17) is 0 Å². The Balaban J connectivity index is 0.816. The Labute approximate surface area is 712 Å². The molecule has 2 aliphatic carbocycles. The van der Waals surface area contributed by atoms with Crippen molar-refractivity contribution >= 4 is 159 Å². The Morgan fingerprint density at radius 3 is 0.410 bits per heavy atom. The zero-order valence-electron chi connectivity index (χ0n) is 62.8. The van der Waals surface area contributed by atoms with Gasteiger partial charge in [0.25, 0.3) is 0 Å². The fourth-order valence-corrected chi connectivity index (χ4v) is 23.1. The lowest BCUT2D eigenvalue weighted by atomic mass is 9.70. The standard InChI is InChI=1S/C105H68N4S8/c1-9-97(110-57-1)69-17-33-77(34-18-69)106(78-35-19-70(20-36-78)98-10-2-58-111-98)85-49-53-89-90-54-50-86(107(79-37-21-71(22-38-79)99-11-3-59-112-99)80-39-23-72(24-40-80)100-12-4-60-113-100)66-94(90)105(93(89)65-85)95-67-87(108(81-41-25-73(26-42-81)101-13-5-61-114-101)82-43-27-74(28-44-82)102-14-6-62-115-102)51-55-91(95)92-56-52-88(68-96(92)105)109(83-45-29-75(30-46-83)103-15-7-63-116-103)84-47-31-76(32-48-84)104-16-8-64-117-104/h1-68H. The predicted molar refractivity (Wildman–Crippen MR) is 508 cm³/mol. The number of hydrogen-bond acceptors (Lipinski definition) is 12. The Morgan fingerprint density at radius 1 is 0.145 bits per heavy atom. The van der Waals surface area contributed by atoms with Crippen molar-refractivity contribution in [3.05, 3.63) is 429 Å². The number of anilines is 12. The topological polar surface area (TPSA) is 13.0 Å². The Morgan fingerprint density at radius 2 is 0.282 bits per heavy atom. The summed E-state index contributed by atoms with van der Waals surface area (Å²) in [4.78, 5) is 19.8. The van der Waals surface area contributed by atoms with Crippen molar-refractivity contribution in [3.63, 3.8) is 0 Å². The average molecular weight is 1640 g/mol. The molecule has 12 heteroatoms. The highest BCUT2D eigenvalue weighted by Crippen LogP contribution is 2.66. The average Bonchev–Trinajstić information content (AvgIpc) is 1.50. The maximum absolute atomic E-state index is 2.56. The lowest BCUT2D eigenvalue weighted by molar-refractivity contribution is 0.793. The van der Waals surface area contributed by atoms with E-state index in [0.29, 0.717) is 0 Å².